The third kappa shape index (κ3) is 4.15. The van der Waals surface area contributed by atoms with Crippen LogP contribution < -0.4 is 10.2 Å². The molecule has 0 saturated carbocycles. The Balaban J connectivity index is 1.47. The Hall–Kier alpha value is -2.51. The van der Waals surface area contributed by atoms with Gasteiger partial charge < -0.3 is 10.2 Å². The lowest BCUT2D eigenvalue weighted by Gasteiger charge is -2.19. The molecule has 2 heterocycles. The second-order valence-electron chi connectivity index (χ2n) is 6.55. The van der Waals surface area contributed by atoms with Crippen LogP contribution >= 0.6 is 27.3 Å². The predicted molar refractivity (Wildman–Crippen MR) is 116 cm³/mol. The summed E-state index contributed by atoms with van der Waals surface area (Å²) < 4.78 is 0.993. The standard InChI is InChI=1S/C21H18BrN3O2S/c22-15-6-3-5-14(11-15)21-23-16(13-28-21)12-19(26)24-17-7-1-2-8-18(17)25-10-4-9-20(25)27/h1-3,5-8,11,13H,4,9-10,12H2,(H,24,26). The normalized spacial score (nSPS) is 13.8. The van der Waals surface area contributed by atoms with Gasteiger partial charge in [0.25, 0.3) is 0 Å². The number of hydrogen-bond donors (Lipinski definition) is 1. The summed E-state index contributed by atoms with van der Waals surface area (Å²) in [5, 5.41) is 5.73. The van der Waals surface area contributed by atoms with Gasteiger partial charge in [0.1, 0.15) is 5.01 Å². The number of carbonyl (C=O) groups excluding carboxylic acids is 2. The molecule has 0 radical (unpaired) electrons. The van der Waals surface area contributed by atoms with Crippen molar-refractivity contribution in [1.82, 2.24) is 4.98 Å². The van der Waals surface area contributed by atoms with Gasteiger partial charge in [0.05, 0.1) is 23.5 Å². The van der Waals surface area contributed by atoms with E-state index in [-0.39, 0.29) is 18.2 Å². The van der Waals surface area contributed by atoms with Crippen LogP contribution in [0, 0.1) is 0 Å². The van der Waals surface area contributed by atoms with Crippen LogP contribution in [0.25, 0.3) is 10.6 Å². The number of rotatable bonds is 5. The number of carbonyl (C=O) groups is 2. The molecule has 1 fully saturated rings. The summed E-state index contributed by atoms with van der Waals surface area (Å²) >= 11 is 4.99. The minimum atomic E-state index is -0.148. The number of halogens is 1. The van der Waals surface area contributed by atoms with E-state index in [1.807, 2.05) is 53.9 Å². The number of amides is 2. The van der Waals surface area contributed by atoms with Crippen LogP contribution in [0.4, 0.5) is 11.4 Å². The molecule has 28 heavy (non-hydrogen) atoms. The van der Waals surface area contributed by atoms with Crippen molar-refractivity contribution in [3.63, 3.8) is 0 Å². The zero-order valence-electron chi connectivity index (χ0n) is 15.0. The van der Waals surface area contributed by atoms with Gasteiger partial charge in [0.15, 0.2) is 0 Å². The molecule has 2 aromatic carbocycles. The number of aromatic nitrogens is 1. The van der Waals surface area contributed by atoms with Gasteiger partial charge in [-0.3, -0.25) is 9.59 Å². The van der Waals surface area contributed by atoms with Gasteiger partial charge in [-0.2, -0.15) is 0 Å². The highest BCUT2D eigenvalue weighted by atomic mass is 79.9. The molecular formula is C21H18BrN3O2S. The van der Waals surface area contributed by atoms with Crippen molar-refractivity contribution < 1.29 is 9.59 Å². The van der Waals surface area contributed by atoms with Crippen LogP contribution in [0.3, 0.4) is 0 Å². The molecule has 4 rings (SSSR count). The van der Waals surface area contributed by atoms with E-state index in [2.05, 4.69) is 26.2 Å². The molecule has 0 unspecified atom stereocenters. The number of benzene rings is 2. The van der Waals surface area contributed by atoms with Gasteiger partial charge >= 0.3 is 0 Å². The maximum atomic E-state index is 12.6. The maximum absolute atomic E-state index is 12.6. The largest absolute Gasteiger partial charge is 0.324 e. The number of thiazole rings is 1. The van der Waals surface area contributed by atoms with E-state index in [9.17, 15) is 9.59 Å². The van der Waals surface area contributed by atoms with Crippen LogP contribution in [0.5, 0.6) is 0 Å². The number of para-hydroxylation sites is 2. The average Bonchev–Trinajstić information content (AvgIpc) is 3.31. The lowest BCUT2D eigenvalue weighted by molar-refractivity contribution is -0.117. The summed E-state index contributed by atoms with van der Waals surface area (Å²) in [4.78, 5) is 31.0. The van der Waals surface area contributed by atoms with Crippen molar-refractivity contribution in [3.8, 4) is 10.6 Å². The third-order valence-electron chi connectivity index (χ3n) is 4.51. The molecule has 0 aliphatic carbocycles. The number of anilines is 2. The predicted octanol–water partition coefficient (Wildman–Crippen LogP) is 4.88. The SMILES string of the molecule is O=C(Cc1csc(-c2cccc(Br)c2)n1)Nc1ccccc1N1CCCC1=O. The quantitative estimate of drug-likeness (QED) is 0.595. The summed E-state index contributed by atoms with van der Waals surface area (Å²) in [5.41, 5.74) is 3.16. The Bertz CT molecular complexity index is 1030. The maximum Gasteiger partial charge on any atom is 0.230 e. The Kier molecular flexibility index (Phi) is 5.54. The highest BCUT2D eigenvalue weighted by molar-refractivity contribution is 9.10. The van der Waals surface area contributed by atoms with E-state index in [4.69, 9.17) is 0 Å². The lowest BCUT2D eigenvalue weighted by atomic mass is 10.2. The van der Waals surface area contributed by atoms with E-state index in [0.29, 0.717) is 18.7 Å². The highest BCUT2D eigenvalue weighted by Crippen LogP contribution is 2.30. The first kappa shape index (κ1) is 18.8. The summed E-state index contributed by atoms with van der Waals surface area (Å²) in [6.07, 6.45) is 1.59. The minimum absolute atomic E-state index is 0.0971. The summed E-state index contributed by atoms with van der Waals surface area (Å²) in [6, 6.07) is 15.4. The molecule has 5 nitrogen and oxygen atoms in total. The zero-order valence-corrected chi connectivity index (χ0v) is 17.4. The van der Waals surface area contributed by atoms with Crippen LogP contribution in [0.1, 0.15) is 18.5 Å². The molecule has 2 amide bonds. The molecule has 0 atom stereocenters. The van der Waals surface area contributed by atoms with E-state index in [1.54, 1.807) is 4.90 Å². The first-order valence-corrected chi connectivity index (χ1v) is 10.7. The van der Waals surface area contributed by atoms with Crippen molar-refractivity contribution in [3.05, 3.63) is 64.1 Å². The molecule has 0 bridgehead atoms. The van der Waals surface area contributed by atoms with Gasteiger partial charge in [-0.1, -0.05) is 40.2 Å². The molecule has 1 N–H and O–H groups in total. The topological polar surface area (TPSA) is 62.3 Å². The summed E-state index contributed by atoms with van der Waals surface area (Å²) in [5.74, 6) is -0.0509. The van der Waals surface area contributed by atoms with E-state index in [1.165, 1.54) is 11.3 Å². The third-order valence-corrected chi connectivity index (χ3v) is 5.94. The fraction of sp³-hybridized carbons (Fsp3) is 0.190. The zero-order chi connectivity index (χ0) is 19.5. The van der Waals surface area contributed by atoms with Crippen molar-refractivity contribution in [1.29, 1.82) is 0 Å². The van der Waals surface area contributed by atoms with Crippen LogP contribution in [-0.2, 0) is 16.0 Å². The highest BCUT2D eigenvalue weighted by Gasteiger charge is 2.24. The van der Waals surface area contributed by atoms with E-state index >= 15 is 0 Å². The molecule has 7 heteroatoms. The minimum Gasteiger partial charge on any atom is -0.324 e. The second kappa shape index (κ2) is 8.24. The van der Waals surface area contributed by atoms with Crippen molar-refractivity contribution in [2.75, 3.05) is 16.8 Å². The average molecular weight is 456 g/mol. The monoisotopic (exact) mass is 455 g/mol. The Labute approximate surface area is 175 Å². The van der Waals surface area contributed by atoms with Crippen LogP contribution in [0.15, 0.2) is 58.4 Å². The van der Waals surface area contributed by atoms with Crippen LogP contribution in [-0.4, -0.2) is 23.3 Å². The smallest absolute Gasteiger partial charge is 0.230 e. The summed E-state index contributed by atoms with van der Waals surface area (Å²) in [7, 11) is 0. The van der Waals surface area contributed by atoms with Gasteiger partial charge in [-0.05, 0) is 30.7 Å². The van der Waals surface area contributed by atoms with Crippen LogP contribution in [0.2, 0.25) is 0 Å². The van der Waals surface area contributed by atoms with Gasteiger partial charge in [-0.25, -0.2) is 4.98 Å². The van der Waals surface area contributed by atoms with E-state index in [0.717, 1.165) is 32.8 Å². The first-order chi connectivity index (χ1) is 13.6. The lowest BCUT2D eigenvalue weighted by Crippen LogP contribution is -2.26. The van der Waals surface area contributed by atoms with Crippen molar-refractivity contribution in [2.45, 2.75) is 19.3 Å². The molecule has 1 aromatic heterocycles. The number of nitrogens with one attached hydrogen (secondary N) is 1. The van der Waals surface area contributed by atoms with Crippen molar-refractivity contribution in [2.24, 2.45) is 0 Å². The fourth-order valence-electron chi connectivity index (χ4n) is 3.22. The van der Waals surface area contributed by atoms with Gasteiger partial charge in [-0.15, -0.1) is 11.3 Å². The number of hydrogen-bond acceptors (Lipinski definition) is 4. The molecule has 3 aromatic rings. The van der Waals surface area contributed by atoms with Gasteiger partial charge in [0, 0.05) is 28.4 Å². The Morgan fingerprint density at radius 3 is 2.86 bits per heavy atom. The molecule has 1 aliphatic rings. The molecule has 1 aliphatic heterocycles. The molecule has 0 spiro atoms. The Morgan fingerprint density at radius 2 is 2.07 bits per heavy atom. The fourth-order valence-corrected chi connectivity index (χ4v) is 4.43. The molecular weight excluding hydrogens is 438 g/mol. The van der Waals surface area contributed by atoms with Crippen molar-refractivity contribution >= 4 is 50.5 Å². The van der Waals surface area contributed by atoms with E-state index < -0.39 is 0 Å². The molecule has 142 valence electrons. The number of nitrogens with zero attached hydrogens (tertiary/aromatic N) is 2. The summed E-state index contributed by atoms with van der Waals surface area (Å²) in [6.45, 7) is 0.688. The molecule has 1 saturated heterocycles. The Morgan fingerprint density at radius 1 is 1.21 bits per heavy atom. The van der Waals surface area contributed by atoms with Gasteiger partial charge in [0.2, 0.25) is 11.8 Å². The second-order valence-corrected chi connectivity index (χ2v) is 8.32. The first-order valence-electron chi connectivity index (χ1n) is 9.00.